The van der Waals surface area contributed by atoms with Gasteiger partial charge in [-0.15, -0.1) is 0 Å². The minimum Gasteiger partial charge on any atom is -0.381 e. The lowest BCUT2D eigenvalue weighted by Crippen LogP contribution is -2.63. The van der Waals surface area contributed by atoms with Crippen molar-refractivity contribution in [2.75, 3.05) is 20.2 Å². The summed E-state index contributed by atoms with van der Waals surface area (Å²) >= 11 is 0. The maximum atomic E-state index is 13.4. The summed E-state index contributed by atoms with van der Waals surface area (Å²) in [6.45, 7) is 1.00. The SMILES string of the molecule is COC1CCC(C(=O)N[C@@]2(S(=O)(=O)c3ccccc3)CCCNC2)CC1. The van der Waals surface area contributed by atoms with Crippen LogP contribution < -0.4 is 10.6 Å². The number of hydrogen-bond acceptors (Lipinski definition) is 5. The second-order valence-electron chi connectivity index (χ2n) is 7.29. The van der Waals surface area contributed by atoms with Crippen molar-refractivity contribution in [3.05, 3.63) is 30.3 Å². The molecule has 2 N–H and O–H groups in total. The lowest BCUT2D eigenvalue weighted by Gasteiger charge is -2.39. The molecule has 1 aromatic carbocycles. The third kappa shape index (κ3) is 3.80. The van der Waals surface area contributed by atoms with Crippen molar-refractivity contribution in [3.63, 3.8) is 0 Å². The predicted molar refractivity (Wildman–Crippen MR) is 99.4 cm³/mol. The first-order valence-electron chi connectivity index (χ1n) is 9.34. The first-order valence-corrected chi connectivity index (χ1v) is 10.8. The third-order valence-corrected chi connectivity index (χ3v) is 8.01. The number of benzene rings is 1. The molecule has 26 heavy (non-hydrogen) atoms. The maximum absolute atomic E-state index is 13.4. The Morgan fingerprint density at radius 1 is 1.19 bits per heavy atom. The van der Waals surface area contributed by atoms with Crippen LogP contribution in [0.25, 0.3) is 0 Å². The molecule has 1 saturated heterocycles. The number of carbonyl (C=O) groups excluding carboxylic acids is 1. The van der Waals surface area contributed by atoms with Gasteiger partial charge in [-0.05, 0) is 57.2 Å². The van der Waals surface area contributed by atoms with Crippen molar-refractivity contribution in [3.8, 4) is 0 Å². The van der Waals surface area contributed by atoms with Crippen LogP contribution in [0.3, 0.4) is 0 Å². The van der Waals surface area contributed by atoms with Crippen LogP contribution in [0.5, 0.6) is 0 Å². The number of hydrogen-bond donors (Lipinski definition) is 2. The molecule has 0 aromatic heterocycles. The summed E-state index contributed by atoms with van der Waals surface area (Å²) in [5, 5.41) is 6.11. The first kappa shape index (κ1) is 19.3. The smallest absolute Gasteiger partial charge is 0.224 e. The fourth-order valence-corrected chi connectivity index (χ4v) is 5.90. The summed E-state index contributed by atoms with van der Waals surface area (Å²) < 4.78 is 32.1. The van der Waals surface area contributed by atoms with E-state index in [-0.39, 0.29) is 29.4 Å². The zero-order valence-corrected chi connectivity index (χ0v) is 16.1. The van der Waals surface area contributed by atoms with Crippen LogP contribution in [-0.2, 0) is 19.4 Å². The molecule has 6 nitrogen and oxygen atoms in total. The molecule has 0 unspecified atom stereocenters. The van der Waals surface area contributed by atoms with E-state index in [4.69, 9.17) is 4.74 Å². The van der Waals surface area contributed by atoms with Gasteiger partial charge in [0.15, 0.2) is 4.87 Å². The standard InChI is InChI=1S/C19H28N2O4S/c1-25-16-10-8-15(9-11-16)18(22)21-19(12-5-13-20-14-19)26(23,24)17-6-3-2-4-7-17/h2-4,6-7,15-16,20H,5,8-14H2,1H3,(H,21,22)/t15?,16?,19-/m1/s1. The van der Waals surface area contributed by atoms with Crippen LogP contribution in [-0.4, -0.2) is 45.5 Å². The molecule has 0 bridgehead atoms. The number of rotatable bonds is 5. The van der Waals surface area contributed by atoms with Gasteiger partial charge in [-0.2, -0.15) is 0 Å². The van der Waals surface area contributed by atoms with Crippen LogP contribution in [0.4, 0.5) is 0 Å². The number of nitrogens with one attached hydrogen (secondary N) is 2. The highest BCUT2D eigenvalue weighted by Gasteiger charge is 2.47. The second kappa shape index (κ2) is 8.06. The molecule has 1 aliphatic carbocycles. The van der Waals surface area contributed by atoms with Crippen LogP contribution in [0.15, 0.2) is 35.2 Å². The van der Waals surface area contributed by atoms with Crippen LogP contribution in [0, 0.1) is 5.92 Å². The van der Waals surface area contributed by atoms with Gasteiger partial charge in [0, 0.05) is 19.6 Å². The van der Waals surface area contributed by atoms with E-state index in [0.29, 0.717) is 12.8 Å². The molecular formula is C19H28N2O4S. The Balaban J connectivity index is 1.81. The largest absolute Gasteiger partial charge is 0.381 e. The Labute approximate surface area is 155 Å². The summed E-state index contributed by atoms with van der Waals surface area (Å²) in [6, 6.07) is 8.41. The molecule has 3 rings (SSSR count). The molecule has 0 spiro atoms. The highest BCUT2D eigenvalue weighted by Crippen LogP contribution is 2.32. The number of sulfone groups is 1. The van der Waals surface area contributed by atoms with E-state index in [1.165, 1.54) is 0 Å². The average Bonchev–Trinajstić information content (AvgIpc) is 2.69. The molecule has 1 saturated carbocycles. The first-order chi connectivity index (χ1) is 12.5. The Morgan fingerprint density at radius 3 is 2.46 bits per heavy atom. The van der Waals surface area contributed by atoms with Crippen molar-refractivity contribution in [1.82, 2.24) is 10.6 Å². The zero-order valence-electron chi connectivity index (χ0n) is 15.2. The number of methoxy groups -OCH3 is 1. The van der Waals surface area contributed by atoms with E-state index in [0.717, 1.165) is 32.2 Å². The normalized spacial score (nSPS) is 29.9. The van der Waals surface area contributed by atoms with Crippen molar-refractivity contribution in [2.24, 2.45) is 5.92 Å². The molecule has 1 amide bonds. The fraction of sp³-hybridized carbons (Fsp3) is 0.632. The number of ether oxygens (including phenoxy) is 1. The van der Waals surface area contributed by atoms with Gasteiger partial charge in [-0.3, -0.25) is 4.79 Å². The quantitative estimate of drug-likeness (QED) is 0.815. The topological polar surface area (TPSA) is 84.5 Å². The molecule has 144 valence electrons. The van der Waals surface area contributed by atoms with Crippen molar-refractivity contribution in [1.29, 1.82) is 0 Å². The lowest BCUT2D eigenvalue weighted by molar-refractivity contribution is -0.128. The molecule has 2 fully saturated rings. The van der Waals surface area contributed by atoms with E-state index in [1.54, 1.807) is 37.4 Å². The molecule has 2 aliphatic rings. The van der Waals surface area contributed by atoms with E-state index in [2.05, 4.69) is 10.6 Å². The summed E-state index contributed by atoms with van der Waals surface area (Å²) in [4.78, 5) is 11.9. The predicted octanol–water partition coefficient (Wildman–Crippen LogP) is 1.86. The van der Waals surface area contributed by atoms with Gasteiger partial charge in [0.25, 0.3) is 0 Å². The minimum atomic E-state index is -3.69. The lowest BCUT2D eigenvalue weighted by atomic mass is 9.86. The van der Waals surface area contributed by atoms with Crippen molar-refractivity contribution >= 4 is 15.7 Å². The number of piperidine rings is 1. The number of amides is 1. The Kier molecular flexibility index (Phi) is 5.99. The molecular weight excluding hydrogens is 352 g/mol. The van der Waals surface area contributed by atoms with E-state index >= 15 is 0 Å². The second-order valence-corrected chi connectivity index (χ2v) is 9.55. The van der Waals surface area contributed by atoms with Gasteiger partial charge >= 0.3 is 0 Å². The Hall–Kier alpha value is -1.44. The van der Waals surface area contributed by atoms with E-state index < -0.39 is 14.7 Å². The van der Waals surface area contributed by atoms with E-state index in [1.807, 2.05) is 0 Å². The summed E-state index contributed by atoms with van der Waals surface area (Å²) in [5.41, 5.74) is 0. The minimum absolute atomic E-state index is 0.147. The molecule has 7 heteroatoms. The molecule has 0 radical (unpaired) electrons. The average molecular weight is 381 g/mol. The molecule has 1 aromatic rings. The van der Waals surface area contributed by atoms with E-state index in [9.17, 15) is 13.2 Å². The maximum Gasteiger partial charge on any atom is 0.224 e. The van der Waals surface area contributed by atoms with Gasteiger partial charge in [-0.25, -0.2) is 8.42 Å². The summed E-state index contributed by atoms with van der Waals surface area (Å²) in [7, 11) is -2.00. The van der Waals surface area contributed by atoms with Gasteiger partial charge in [0.1, 0.15) is 0 Å². The fourth-order valence-electron chi connectivity index (χ4n) is 3.99. The monoisotopic (exact) mass is 380 g/mol. The molecule has 1 aliphatic heterocycles. The van der Waals surface area contributed by atoms with Gasteiger partial charge in [0.2, 0.25) is 15.7 Å². The molecule has 1 heterocycles. The summed E-state index contributed by atoms with van der Waals surface area (Å²) in [5.74, 6) is -0.297. The number of carbonyl (C=O) groups is 1. The van der Waals surface area contributed by atoms with Crippen molar-refractivity contribution in [2.45, 2.75) is 54.4 Å². The third-order valence-electron chi connectivity index (χ3n) is 5.64. The van der Waals surface area contributed by atoms with Crippen LogP contribution in [0.1, 0.15) is 38.5 Å². The Bertz CT molecular complexity index is 706. The highest BCUT2D eigenvalue weighted by molar-refractivity contribution is 7.92. The summed E-state index contributed by atoms with van der Waals surface area (Å²) in [6.07, 6.45) is 4.49. The van der Waals surface area contributed by atoms with Crippen LogP contribution >= 0.6 is 0 Å². The highest BCUT2D eigenvalue weighted by atomic mass is 32.2. The van der Waals surface area contributed by atoms with Gasteiger partial charge < -0.3 is 15.4 Å². The Morgan fingerprint density at radius 2 is 1.88 bits per heavy atom. The molecule has 1 atom stereocenters. The van der Waals surface area contributed by atoms with Crippen molar-refractivity contribution < 1.29 is 17.9 Å². The zero-order chi connectivity index (χ0) is 18.6. The van der Waals surface area contributed by atoms with Gasteiger partial charge in [0.05, 0.1) is 11.0 Å². The van der Waals surface area contributed by atoms with Gasteiger partial charge in [-0.1, -0.05) is 18.2 Å². The van der Waals surface area contributed by atoms with Crippen LogP contribution in [0.2, 0.25) is 0 Å².